The van der Waals surface area contributed by atoms with Gasteiger partial charge in [-0.3, -0.25) is 0 Å². The summed E-state index contributed by atoms with van der Waals surface area (Å²) in [6.45, 7) is 7.31. The highest BCUT2D eigenvalue weighted by Crippen LogP contribution is 2.12. The molecule has 126 valence electrons. The smallest absolute Gasteiger partial charge is 0.338 e. The molecule has 2 atom stereocenters. The second kappa shape index (κ2) is 7.77. The van der Waals surface area contributed by atoms with E-state index in [1.807, 2.05) is 38.1 Å². The van der Waals surface area contributed by atoms with Crippen LogP contribution in [0.15, 0.2) is 48.5 Å². The van der Waals surface area contributed by atoms with Gasteiger partial charge in [-0.1, -0.05) is 35.4 Å². The highest BCUT2D eigenvalue weighted by Gasteiger charge is 2.22. The Hall–Kier alpha value is -2.62. The highest BCUT2D eigenvalue weighted by molar-refractivity contribution is 5.90. The minimum absolute atomic E-state index is 0.430. The largest absolute Gasteiger partial charge is 0.455 e. The summed E-state index contributed by atoms with van der Waals surface area (Å²) >= 11 is 0. The van der Waals surface area contributed by atoms with E-state index in [0.29, 0.717) is 11.1 Å². The fraction of sp³-hybridized carbons (Fsp3) is 0.300. The van der Waals surface area contributed by atoms with Crippen molar-refractivity contribution in [2.75, 3.05) is 0 Å². The van der Waals surface area contributed by atoms with Crippen LogP contribution in [0.4, 0.5) is 0 Å². The summed E-state index contributed by atoms with van der Waals surface area (Å²) in [5.74, 6) is -0.860. The van der Waals surface area contributed by atoms with Gasteiger partial charge in [-0.25, -0.2) is 9.59 Å². The number of hydrogen-bond acceptors (Lipinski definition) is 4. The Kier molecular flexibility index (Phi) is 5.74. The van der Waals surface area contributed by atoms with E-state index >= 15 is 0 Å². The molecule has 0 bridgehead atoms. The van der Waals surface area contributed by atoms with E-state index in [9.17, 15) is 9.59 Å². The number of rotatable bonds is 5. The van der Waals surface area contributed by atoms with Gasteiger partial charge in [0, 0.05) is 0 Å². The second-order valence-electron chi connectivity index (χ2n) is 5.95. The lowest BCUT2D eigenvalue weighted by molar-refractivity contribution is -0.0239. The van der Waals surface area contributed by atoms with E-state index in [-0.39, 0.29) is 0 Å². The van der Waals surface area contributed by atoms with Crippen molar-refractivity contribution in [1.82, 2.24) is 0 Å². The monoisotopic (exact) mass is 326 g/mol. The Balaban J connectivity index is 1.92. The van der Waals surface area contributed by atoms with Crippen molar-refractivity contribution >= 4 is 11.9 Å². The summed E-state index contributed by atoms with van der Waals surface area (Å²) in [6, 6.07) is 14.3. The summed E-state index contributed by atoms with van der Waals surface area (Å²) in [5, 5.41) is 0. The summed E-state index contributed by atoms with van der Waals surface area (Å²) in [6.07, 6.45) is -1.10. The maximum Gasteiger partial charge on any atom is 0.338 e. The van der Waals surface area contributed by atoms with E-state index in [0.717, 1.165) is 11.1 Å². The lowest BCUT2D eigenvalue weighted by atomic mass is 10.1. The van der Waals surface area contributed by atoms with Gasteiger partial charge in [0.15, 0.2) is 0 Å². The molecule has 0 aromatic heterocycles. The lowest BCUT2D eigenvalue weighted by Crippen LogP contribution is -2.30. The molecule has 0 unspecified atom stereocenters. The molecule has 0 spiro atoms. The zero-order valence-corrected chi connectivity index (χ0v) is 14.4. The quantitative estimate of drug-likeness (QED) is 0.776. The molecule has 0 aliphatic rings. The molecular weight excluding hydrogens is 304 g/mol. The van der Waals surface area contributed by atoms with E-state index in [1.165, 1.54) is 0 Å². The first-order valence-electron chi connectivity index (χ1n) is 7.92. The Morgan fingerprint density at radius 1 is 0.667 bits per heavy atom. The van der Waals surface area contributed by atoms with E-state index in [1.54, 1.807) is 38.1 Å². The normalized spacial score (nSPS) is 13.0. The molecule has 0 aliphatic heterocycles. The maximum atomic E-state index is 12.1. The van der Waals surface area contributed by atoms with Crippen LogP contribution < -0.4 is 0 Å². The first-order valence-corrected chi connectivity index (χ1v) is 7.92. The van der Waals surface area contributed by atoms with Crippen molar-refractivity contribution in [3.63, 3.8) is 0 Å². The molecule has 0 radical (unpaired) electrons. The number of benzene rings is 2. The minimum atomic E-state index is -0.548. The molecule has 0 amide bonds. The molecule has 0 heterocycles. The zero-order chi connectivity index (χ0) is 17.7. The van der Waals surface area contributed by atoms with Crippen LogP contribution in [0, 0.1) is 13.8 Å². The van der Waals surface area contributed by atoms with Gasteiger partial charge in [0.25, 0.3) is 0 Å². The predicted octanol–water partition coefficient (Wildman–Crippen LogP) is 4.09. The van der Waals surface area contributed by atoms with E-state index < -0.39 is 24.1 Å². The van der Waals surface area contributed by atoms with Crippen LogP contribution in [-0.4, -0.2) is 24.1 Å². The van der Waals surface area contributed by atoms with Crippen molar-refractivity contribution in [3.8, 4) is 0 Å². The first kappa shape index (κ1) is 17.7. The topological polar surface area (TPSA) is 52.6 Å². The number of aryl methyl sites for hydroxylation is 2. The molecule has 0 fully saturated rings. The molecule has 2 rings (SSSR count). The lowest BCUT2D eigenvalue weighted by Gasteiger charge is -2.21. The fourth-order valence-electron chi connectivity index (χ4n) is 2.04. The SMILES string of the molecule is Cc1ccc(C(=O)O[C@@H](C)[C@H](C)OC(=O)c2ccc(C)cc2)cc1. The molecule has 0 saturated carbocycles. The van der Waals surface area contributed by atoms with E-state index in [2.05, 4.69) is 0 Å². The molecule has 0 N–H and O–H groups in total. The van der Waals surface area contributed by atoms with Gasteiger partial charge in [-0.15, -0.1) is 0 Å². The average molecular weight is 326 g/mol. The van der Waals surface area contributed by atoms with E-state index in [4.69, 9.17) is 9.47 Å². The van der Waals surface area contributed by atoms with Crippen LogP contribution in [-0.2, 0) is 9.47 Å². The van der Waals surface area contributed by atoms with Crippen LogP contribution in [0.2, 0.25) is 0 Å². The maximum absolute atomic E-state index is 12.1. The Bertz CT molecular complexity index is 638. The Morgan fingerprint density at radius 3 is 1.25 bits per heavy atom. The third-order valence-electron chi connectivity index (χ3n) is 3.82. The Morgan fingerprint density at radius 2 is 0.958 bits per heavy atom. The molecule has 4 nitrogen and oxygen atoms in total. The van der Waals surface area contributed by atoms with Gasteiger partial charge in [0.2, 0.25) is 0 Å². The highest BCUT2D eigenvalue weighted by atomic mass is 16.6. The van der Waals surface area contributed by atoms with Gasteiger partial charge >= 0.3 is 11.9 Å². The van der Waals surface area contributed by atoms with Crippen LogP contribution in [0.25, 0.3) is 0 Å². The minimum Gasteiger partial charge on any atom is -0.455 e. The van der Waals surface area contributed by atoms with Gasteiger partial charge in [0.1, 0.15) is 12.2 Å². The van der Waals surface area contributed by atoms with Crippen molar-refractivity contribution < 1.29 is 19.1 Å². The van der Waals surface area contributed by atoms with Gasteiger partial charge in [-0.2, -0.15) is 0 Å². The summed E-state index contributed by atoms with van der Waals surface area (Å²) in [4.78, 5) is 24.2. The number of hydrogen-bond donors (Lipinski definition) is 0. The molecule has 4 heteroatoms. The van der Waals surface area contributed by atoms with Crippen molar-refractivity contribution in [2.24, 2.45) is 0 Å². The summed E-state index contributed by atoms with van der Waals surface area (Å²) in [5.41, 5.74) is 3.09. The van der Waals surface area contributed by atoms with Crippen LogP contribution in [0.3, 0.4) is 0 Å². The molecular formula is C20H22O4. The molecule has 0 saturated heterocycles. The summed E-state index contributed by atoms with van der Waals surface area (Å²) in [7, 11) is 0. The predicted molar refractivity (Wildman–Crippen MR) is 92.1 cm³/mol. The third-order valence-corrected chi connectivity index (χ3v) is 3.82. The number of carbonyl (C=O) groups excluding carboxylic acids is 2. The number of ether oxygens (including phenoxy) is 2. The molecule has 2 aromatic rings. The fourth-order valence-corrected chi connectivity index (χ4v) is 2.04. The van der Waals surface area contributed by atoms with Crippen molar-refractivity contribution in [2.45, 2.75) is 39.9 Å². The average Bonchev–Trinajstić information content (AvgIpc) is 2.55. The van der Waals surface area contributed by atoms with Crippen molar-refractivity contribution in [1.29, 1.82) is 0 Å². The van der Waals surface area contributed by atoms with Gasteiger partial charge < -0.3 is 9.47 Å². The second-order valence-corrected chi connectivity index (χ2v) is 5.95. The van der Waals surface area contributed by atoms with Gasteiger partial charge in [0.05, 0.1) is 11.1 Å². The molecule has 2 aromatic carbocycles. The first-order chi connectivity index (χ1) is 11.4. The Labute approximate surface area is 142 Å². The number of carbonyl (C=O) groups is 2. The number of esters is 2. The van der Waals surface area contributed by atoms with Gasteiger partial charge in [-0.05, 0) is 52.0 Å². The standard InChI is InChI=1S/C20H22O4/c1-13-5-9-17(10-6-13)19(21)23-15(3)16(4)24-20(22)18-11-7-14(2)8-12-18/h5-12,15-16H,1-4H3/t15-,16-/m0/s1. The van der Waals surface area contributed by atoms with Crippen LogP contribution in [0.1, 0.15) is 45.7 Å². The summed E-state index contributed by atoms with van der Waals surface area (Å²) < 4.78 is 10.8. The van der Waals surface area contributed by atoms with Crippen LogP contribution in [0.5, 0.6) is 0 Å². The van der Waals surface area contributed by atoms with Crippen molar-refractivity contribution in [3.05, 3.63) is 70.8 Å². The molecule has 0 aliphatic carbocycles. The molecule has 24 heavy (non-hydrogen) atoms. The third kappa shape index (κ3) is 4.69. The van der Waals surface area contributed by atoms with Crippen LogP contribution >= 0.6 is 0 Å². The zero-order valence-electron chi connectivity index (χ0n) is 14.4.